The molecule has 0 fully saturated rings. The molecule has 0 amide bonds. The molecule has 8 heteroatoms. The fraction of sp³-hybridized carbons (Fsp3) is 0.214. The molecular weight excluding hydrogens is 494 g/mol. The second-order valence-electron chi connectivity index (χ2n) is 9.10. The van der Waals surface area contributed by atoms with Gasteiger partial charge < -0.3 is 5.11 Å². The third kappa shape index (κ3) is 3.62. The van der Waals surface area contributed by atoms with Crippen LogP contribution in [0.15, 0.2) is 64.5 Å². The first-order valence-corrected chi connectivity index (χ1v) is 13.0. The van der Waals surface area contributed by atoms with E-state index in [1.54, 1.807) is 41.1 Å². The Hall–Kier alpha value is -3.55. The second-order valence-corrected chi connectivity index (χ2v) is 10.6. The van der Waals surface area contributed by atoms with Gasteiger partial charge in [0.15, 0.2) is 11.6 Å². The number of aliphatic hydroxyl groups excluding tert-OH is 1. The molecule has 6 rings (SSSR count). The Kier molecular flexibility index (Phi) is 5.62. The lowest BCUT2D eigenvalue weighted by Gasteiger charge is -2.28. The predicted octanol–water partition coefficient (Wildman–Crippen LogP) is 6.01. The number of aliphatic hydroxyl groups is 1. The van der Waals surface area contributed by atoms with E-state index in [2.05, 4.69) is 4.98 Å². The number of thiophene rings is 1. The number of ketones is 1. The highest BCUT2D eigenvalue weighted by Gasteiger charge is 2.38. The number of hydrogen-bond acceptors (Lipinski definition) is 6. The Morgan fingerprint density at radius 1 is 1.08 bits per heavy atom. The van der Waals surface area contributed by atoms with Gasteiger partial charge in [0.05, 0.1) is 16.9 Å². The highest BCUT2D eigenvalue weighted by Crippen LogP contribution is 2.43. The Morgan fingerprint density at radius 2 is 1.81 bits per heavy atom. The van der Waals surface area contributed by atoms with Crippen LogP contribution < -0.4 is 5.56 Å². The fourth-order valence-electron chi connectivity index (χ4n) is 5.16. The van der Waals surface area contributed by atoms with Gasteiger partial charge in [-0.3, -0.25) is 9.59 Å². The largest absolute Gasteiger partial charge is 0.507 e. The minimum Gasteiger partial charge on any atom is -0.507 e. The van der Waals surface area contributed by atoms with Crippen LogP contribution in [0.5, 0.6) is 0 Å². The quantitative estimate of drug-likeness (QED) is 0.339. The number of carbonyl (C=O) groups is 1. The number of aromatic nitrogens is 2. The summed E-state index contributed by atoms with van der Waals surface area (Å²) >= 11 is 7.68. The maximum Gasteiger partial charge on any atom is 0.282 e. The monoisotopic (exact) mass is 515 g/mol. The summed E-state index contributed by atoms with van der Waals surface area (Å²) in [6, 6.07) is 16.1. The van der Waals surface area contributed by atoms with Gasteiger partial charge in [-0.05, 0) is 48.9 Å². The number of nitrogens with zero attached hydrogens (tertiary/aromatic N) is 3. The Bertz CT molecular complexity index is 1650. The molecule has 1 aliphatic carbocycles. The minimum absolute atomic E-state index is 0.0504. The normalized spacial score (nSPS) is 18.4. The first-order valence-electron chi connectivity index (χ1n) is 11.9. The maximum absolute atomic E-state index is 13.4. The van der Waals surface area contributed by atoms with Gasteiger partial charge in [-0.1, -0.05) is 54.1 Å². The van der Waals surface area contributed by atoms with Crippen molar-refractivity contribution < 1.29 is 9.90 Å². The SMILES string of the molecule is CC(=O)C1=Nn2c(nc(=O)c3c4c(sc32)CCCC4)/C(=C(/O)c2ccccc2)C1c1ccc(Cl)cc1. The molecule has 2 aromatic heterocycles. The number of hydrogen-bond donors (Lipinski definition) is 1. The molecule has 0 radical (unpaired) electrons. The number of fused-ring (bicyclic) bond motifs is 5. The third-order valence-electron chi connectivity index (χ3n) is 6.84. The number of rotatable bonds is 3. The molecule has 3 heterocycles. The number of aryl methyl sites for hydroxylation is 2. The zero-order chi connectivity index (χ0) is 25.0. The highest BCUT2D eigenvalue weighted by molar-refractivity contribution is 7.18. The molecule has 36 heavy (non-hydrogen) atoms. The van der Waals surface area contributed by atoms with Crippen LogP contribution in [0.3, 0.4) is 0 Å². The third-order valence-corrected chi connectivity index (χ3v) is 8.36. The van der Waals surface area contributed by atoms with E-state index in [-0.39, 0.29) is 28.6 Å². The van der Waals surface area contributed by atoms with Crippen molar-refractivity contribution >= 4 is 56.0 Å². The van der Waals surface area contributed by atoms with Gasteiger partial charge in [0, 0.05) is 22.4 Å². The van der Waals surface area contributed by atoms with E-state index < -0.39 is 5.92 Å². The minimum atomic E-state index is -0.723. The van der Waals surface area contributed by atoms with E-state index >= 15 is 0 Å². The van der Waals surface area contributed by atoms with Crippen molar-refractivity contribution in [3.63, 3.8) is 0 Å². The molecule has 4 aromatic rings. The maximum atomic E-state index is 13.4. The molecular formula is C28H22ClN3O3S. The van der Waals surface area contributed by atoms with Crippen LogP contribution in [0, 0.1) is 0 Å². The second kappa shape index (κ2) is 8.84. The molecule has 6 nitrogen and oxygen atoms in total. The van der Waals surface area contributed by atoms with Crippen molar-refractivity contribution in [2.24, 2.45) is 5.10 Å². The summed E-state index contributed by atoms with van der Waals surface area (Å²) in [7, 11) is 0. The van der Waals surface area contributed by atoms with Crippen LogP contribution in [0.4, 0.5) is 0 Å². The molecule has 1 atom stereocenters. The molecule has 1 aliphatic heterocycles. The van der Waals surface area contributed by atoms with E-state index in [0.717, 1.165) is 36.8 Å². The number of Topliss-reactive ketones (excluding diaryl/α,β-unsaturated/α-hetero) is 1. The average molecular weight is 516 g/mol. The molecule has 0 spiro atoms. The van der Waals surface area contributed by atoms with Crippen LogP contribution in [-0.4, -0.2) is 26.3 Å². The zero-order valence-electron chi connectivity index (χ0n) is 19.5. The molecule has 2 aliphatic rings. The van der Waals surface area contributed by atoms with E-state index in [1.807, 2.05) is 18.2 Å². The standard InChI is InChI=1S/C28H22ClN3O3S/c1-15(33)24-21(16-11-13-18(29)14-12-16)23(25(34)17-7-3-2-4-8-17)26-30-27(35)22-19-9-5-6-10-20(19)36-28(22)32(26)31-24/h2-4,7-8,11-14,21,34H,5-6,9-10H2,1H3/b25-23+. The summed E-state index contributed by atoms with van der Waals surface area (Å²) in [5.74, 6) is -0.756. The number of halogens is 1. The van der Waals surface area contributed by atoms with Gasteiger partial charge in [-0.15, -0.1) is 11.3 Å². The van der Waals surface area contributed by atoms with Gasteiger partial charge in [-0.25, -0.2) is 4.68 Å². The van der Waals surface area contributed by atoms with Crippen LogP contribution in [0.2, 0.25) is 5.02 Å². The van der Waals surface area contributed by atoms with Crippen molar-refractivity contribution in [2.45, 2.75) is 38.5 Å². The summed E-state index contributed by atoms with van der Waals surface area (Å²) in [5.41, 5.74) is 2.63. The molecule has 0 bridgehead atoms. The van der Waals surface area contributed by atoms with E-state index in [4.69, 9.17) is 16.7 Å². The highest BCUT2D eigenvalue weighted by atomic mass is 35.5. The van der Waals surface area contributed by atoms with Crippen molar-refractivity contribution in [1.29, 1.82) is 0 Å². The first kappa shape index (κ1) is 22.9. The van der Waals surface area contributed by atoms with Crippen molar-refractivity contribution in [2.75, 3.05) is 0 Å². The van der Waals surface area contributed by atoms with Gasteiger partial charge in [0.25, 0.3) is 5.56 Å². The number of benzene rings is 2. The van der Waals surface area contributed by atoms with Crippen molar-refractivity contribution in [3.05, 3.63) is 97.4 Å². The predicted molar refractivity (Wildman–Crippen MR) is 144 cm³/mol. The lowest BCUT2D eigenvalue weighted by Crippen LogP contribution is -2.31. The Balaban J connectivity index is 1.73. The molecule has 0 saturated heterocycles. The van der Waals surface area contributed by atoms with Crippen LogP contribution in [0.1, 0.15) is 53.1 Å². The Morgan fingerprint density at radius 3 is 2.53 bits per heavy atom. The van der Waals surface area contributed by atoms with Gasteiger partial charge in [0.2, 0.25) is 0 Å². The molecule has 1 N–H and O–H groups in total. The van der Waals surface area contributed by atoms with Crippen LogP contribution in [0.25, 0.3) is 21.5 Å². The summed E-state index contributed by atoms with van der Waals surface area (Å²) in [5, 5.41) is 17.5. The van der Waals surface area contributed by atoms with Crippen molar-refractivity contribution in [1.82, 2.24) is 9.66 Å². The van der Waals surface area contributed by atoms with Crippen molar-refractivity contribution in [3.8, 4) is 0 Å². The zero-order valence-corrected chi connectivity index (χ0v) is 21.1. The molecule has 180 valence electrons. The summed E-state index contributed by atoms with van der Waals surface area (Å²) in [6.45, 7) is 1.47. The lowest BCUT2D eigenvalue weighted by molar-refractivity contribution is -0.111. The average Bonchev–Trinajstić information content (AvgIpc) is 3.29. The summed E-state index contributed by atoms with van der Waals surface area (Å²) in [6.07, 6.45) is 3.85. The first-order chi connectivity index (χ1) is 17.4. The summed E-state index contributed by atoms with van der Waals surface area (Å²) < 4.78 is 1.59. The van der Waals surface area contributed by atoms with Gasteiger partial charge in [0.1, 0.15) is 16.3 Å². The van der Waals surface area contributed by atoms with Gasteiger partial charge >= 0.3 is 0 Å². The molecule has 0 saturated carbocycles. The van der Waals surface area contributed by atoms with Gasteiger partial charge in [-0.2, -0.15) is 10.1 Å². The van der Waals surface area contributed by atoms with Crippen LogP contribution in [-0.2, 0) is 17.6 Å². The van der Waals surface area contributed by atoms with Crippen LogP contribution >= 0.6 is 22.9 Å². The fourth-order valence-corrected chi connectivity index (χ4v) is 6.62. The lowest BCUT2D eigenvalue weighted by atomic mass is 9.82. The van der Waals surface area contributed by atoms with E-state index in [9.17, 15) is 14.7 Å². The van der Waals surface area contributed by atoms with E-state index in [0.29, 0.717) is 26.4 Å². The smallest absolute Gasteiger partial charge is 0.282 e. The number of allylic oxidation sites excluding steroid dienone is 1. The summed E-state index contributed by atoms with van der Waals surface area (Å²) in [4.78, 5) is 32.8. The molecule has 1 unspecified atom stereocenters. The van der Waals surface area contributed by atoms with E-state index in [1.165, 1.54) is 23.1 Å². The Labute approximate surface area is 216 Å². The topological polar surface area (TPSA) is 84.5 Å². The number of carbonyl (C=O) groups excluding carboxylic acids is 1. The molecule has 2 aromatic carbocycles.